The number of likely N-dealkylation sites (tertiary alicyclic amines) is 1. The molecule has 1 aliphatic rings. The monoisotopic (exact) mass is 447 g/mol. The summed E-state index contributed by atoms with van der Waals surface area (Å²) in [6.45, 7) is 11.9. The lowest BCUT2D eigenvalue weighted by molar-refractivity contribution is 0.319. The molecule has 0 amide bonds. The van der Waals surface area contributed by atoms with Crippen LogP contribution in [0.15, 0.2) is 23.7 Å². The number of guanidine groups is 1. The molecule has 0 radical (unpaired) electrons. The Balaban J connectivity index is 0.00000288. The quantitative estimate of drug-likeness (QED) is 0.287. The number of aryl methyl sites for hydroxylation is 1. The summed E-state index contributed by atoms with van der Waals surface area (Å²) in [6.07, 6.45) is 10.7. The van der Waals surface area contributed by atoms with Gasteiger partial charge in [-0.25, -0.2) is 4.98 Å². The Labute approximate surface area is 164 Å². The van der Waals surface area contributed by atoms with Gasteiger partial charge in [0.2, 0.25) is 0 Å². The highest BCUT2D eigenvalue weighted by atomic mass is 127. The first-order valence-corrected chi connectivity index (χ1v) is 9.27. The topological polar surface area (TPSA) is 45.5 Å². The Morgan fingerprint density at radius 2 is 2.12 bits per heavy atom. The second kappa shape index (κ2) is 11.7. The van der Waals surface area contributed by atoms with Crippen molar-refractivity contribution in [3.8, 4) is 0 Å². The summed E-state index contributed by atoms with van der Waals surface area (Å²) in [7, 11) is 0. The molecule has 1 saturated heterocycles. The molecule has 24 heavy (non-hydrogen) atoms. The van der Waals surface area contributed by atoms with Gasteiger partial charge in [-0.05, 0) is 31.6 Å². The number of nitrogens with zero attached hydrogens (tertiary/aromatic N) is 4. The van der Waals surface area contributed by atoms with Crippen molar-refractivity contribution in [3.63, 3.8) is 0 Å². The molecule has 1 atom stereocenters. The standard InChI is InChI=1S/C18H33N5.HI/c1-4-16(5-2)17-8-12-23(14-17)18(20-6-3)21-9-7-11-22-13-10-19-15-22;/h10,13,15-17H,4-9,11-12,14H2,1-3H3,(H,20,21);1H. The van der Waals surface area contributed by atoms with E-state index in [1.165, 1.54) is 25.8 Å². The highest BCUT2D eigenvalue weighted by Gasteiger charge is 2.29. The van der Waals surface area contributed by atoms with Crippen molar-refractivity contribution in [2.75, 3.05) is 26.2 Å². The molecule has 5 nitrogen and oxygen atoms in total. The second-order valence-electron chi connectivity index (χ2n) is 6.46. The molecule has 2 rings (SSSR count). The molecule has 1 fully saturated rings. The summed E-state index contributed by atoms with van der Waals surface area (Å²) >= 11 is 0. The van der Waals surface area contributed by atoms with Crippen LogP contribution < -0.4 is 5.32 Å². The lowest BCUT2D eigenvalue weighted by Crippen LogP contribution is -2.40. The zero-order chi connectivity index (χ0) is 16.5. The summed E-state index contributed by atoms with van der Waals surface area (Å²) in [5.41, 5.74) is 0. The van der Waals surface area contributed by atoms with E-state index in [1.54, 1.807) is 0 Å². The van der Waals surface area contributed by atoms with Crippen molar-refractivity contribution in [3.05, 3.63) is 18.7 Å². The maximum Gasteiger partial charge on any atom is 0.193 e. The van der Waals surface area contributed by atoms with E-state index in [1.807, 2.05) is 18.7 Å². The third kappa shape index (κ3) is 6.26. The predicted molar refractivity (Wildman–Crippen MR) is 112 cm³/mol. The molecule has 0 aliphatic carbocycles. The summed E-state index contributed by atoms with van der Waals surface area (Å²) in [5.74, 6) is 2.80. The number of hydrogen-bond acceptors (Lipinski definition) is 2. The number of hydrogen-bond donors (Lipinski definition) is 1. The van der Waals surface area contributed by atoms with Gasteiger partial charge in [-0.15, -0.1) is 24.0 Å². The van der Waals surface area contributed by atoms with Gasteiger partial charge < -0.3 is 14.8 Å². The average molecular weight is 447 g/mol. The Bertz CT molecular complexity index is 456. The molecular formula is C18H34IN5. The fourth-order valence-electron chi connectivity index (χ4n) is 3.60. The molecule has 2 heterocycles. The van der Waals surface area contributed by atoms with Crippen LogP contribution in [0, 0.1) is 11.8 Å². The van der Waals surface area contributed by atoms with Gasteiger partial charge in [-0.3, -0.25) is 4.99 Å². The van der Waals surface area contributed by atoms with Crippen molar-refractivity contribution in [2.45, 2.75) is 53.0 Å². The largest absolute Gasteiger partial charge is 0.357 e. The Kier molecular flexibility index (Phi) is 10.4. The normalized spacial score (nSPS) is 18.1. The molecule has 1 aliphatic heterocycles. The van der Waals surface area contributed by atoms with Crippen molar-refractivity contribution < 1.29 is 0 Å². The van der Waals surface area contributed by atoms with Gasteiger partial charge in [0.05, 0.1) is 6.33 Å². The van der Waals surface area contributed by atoms with Gasteiger partial charge in [-0.2, -0.15) is 0 Å². The smallest absolute Gasteiger partial charge is 0.193 e. The van der Waals surface area contributed by atoms with Gasteiger partial charge in [-0.1, -0.05) is 26.7 Å². The van der Waals surface area contributed by atoms with Crippen molar-refractivity contribution in [1.29, 1.82) is 0 Å². The third-order valence-electron chi connectivity index (χ3n) is 4.97. The Morgan fingerprint density at radius 1 is 1.33 bits per heavy atom. The fraction of sp³-hybridized carbons (Fsp3) is 0.778. The second-order valence-corrected chi connectivity index (χ2v) is 6.46. The van der Waals surface area contributed by atoms with Crippen LogP contribution in [-0.4, -0.2) is 46.6 Å². The van der Waals surface area contributed by atoms with Gasteiger partial charge >= 0.3 is 0 Å². The van der Waals surface area contributed by atoms with Gasteiger partial charge in [0.25, 0.3) is 0 Å². The third-order valence-corrected chi connectivity index (χ3v) is 4.97. The number of imidazole rings is 1. The average Bonchev–Trinajstić information content (AvgIpc) is 3.23. The number of aliphatic imine (C=N–C) groups is 1. The van der Waals surface area contributed by atoms with E-state index in [4.69, 9.17) is 4.99 Å². The number of halogens is 1. The maximum absolute atomic E-state index is 4.84. The van der Waals surface area contributed by atoms with Crippen molar-refractivity contribution >= 4 is 29.9 Å². The van der Waals surface area contributed by atoms with Crippen LogP contribution in [0.4, 0.5) is 0 Å². The summed E-state index contributed by atoms with van der Waals surface area (Å²) in [5, 5.41) is 3.47. The van der Waals surface area contributed by atoms with Crippen LogP contribution in [0.25, 0.3) is 0 Å². The number of aromatic nitrogens is 2. The van der Waals surface area contributed by atoms with E-state index in [2.05, 4.69) is 40.5 Å². The molecule has 0 spiro atoms. The lowest BCUT2D eigenvalue weighted by atomic mass is 9.87. The van der Waals surface area contributed by atoms with Crippen molar-refractivity contribution in [2.24, 2.45) is 16.8 Å². The molecule has 0 saturated carbocycles. The minimum atomic E-state index is 0. The minimum Gasteiger partial charge on any atom is -0.357 e. The highest BCUT2D eigenvalue weighted by Crippen LogP contribution is 2.28. The molecule has 6 heteroatoms. The van der Waals surface area contributed by atoms with E-state index in [9.17, 15) is 0 Å². The van der Waals surface area contributed by atoms with E-state index >= 15 is 0 Å². The van der Waals surface area contributed by atoms with Gasteiger partial charge in [0, 0.05) is 45.1 Å². The van der Waals surface area contributed by atoms with Crippen LogP contribution in [0.1, 0.15) is 46.5 Å². The van der Waals surface area contributed by atoms with Crippen molar-refractivity contribution in [1.82, 2.24) is 19.8 Å². The summed E-state index contributed by atoms with van der Waals surface area (Å²) in [4.78, 5) is 11.4. The van der Waals surface area contributed by atoms with Crippen LogP contribution in [0.5, 0.6) is 0 Å². The predicted octanol–water partition coefficient (Wildman–Crippen LogP) is 3.61. The van der Waals surface area contributed by atoms with Crippen LogP contribution in [-0.2, 0) is 6.54 Å². The number of rotatable bonds is 8. The van der Waals surface area contributed by atoms with Crippen LogP contribution in [0.3, 0.4) is 0 Å². The lowest BCUT2D eigenvalue weighted by Gasteiger charge is -2.24. The summed E-state index contributed by atoms with van der Waals surface area (Å²) < 4.78 is 2.11. The molecule has 1 N–H and O–H groups in total. The van der Waals surface area contributed by atoms with E-state index in [-0.39, 0.29) is 24.0 Å². The first kappa shape index (κ1) is 21.3. The Hall–Kier alpha value is -0.790. The zero-order valence-corrected chi connectivity index (χ0v) is 17.8. The molecule has 0 bridgehead atoms. The SMILES string of the molecule is CCNC(=NCCCn1ccnc1)N1CCC(C(CC)CC)C1.I. The molecule has 138 valence electrons. The highest BCUT2D eigenvalue weighted by molar-refractivity contribution is 14.0. The van der Waals surface area contributed by atoms with E-state index < -0.39 is 0 Å². The van der Waals surface area contributed by atoms with Gasteiger partial charge in [0.1, 0.15) is 0 Å². The Morgan fingerprint density at radius 3 is 2.75 bits per heavy atom. The molecule has 1 aromatic rings. The van der Waals surface area contributed by atoms with Crippen LogP contribution >= 0.6 is 24.0 Å². The first-order chi connectivity index (χ1) is 11.3. The van der Waals surface area contributed by atoms with E-state index in [0.29, 0.717) is 0 Å². The molecular weight excluding hydrogens is 413 g/mol. The molecule has 1 aromatic heterocycles. The maximum atomic E-state index is 4.84. The molecule has 0 aromatic carbocycles. The van der Waals surface area contributed by atoms with Gasteiger partial charge in [0.15, 0.2) is 5.96 Å². The van der Waals surface area contributed by atoms with E-state index in [0.717, 1.165) is 50.4 Å². The summed E-state index contributed by atoms with van der Waals surface area (Å²) in [6, 6.07) is 0. The fourth-order valence-corrected chi connectivity index (χ4v) is 3.60. The first-order valence-electron chi connectivity index (χ1n) is 9.27. The minimum absolute atomic E-state index is 0. The van der Waals surface area contributed by atoms with Crippen LogP contribution in [0.2, 0.25) is 0 Å². The number of nitrogens with one attached hydrogen (secondary N) is 1. The zero-order valence-electron chi connectivity index (χ0n) is 15.4. The molecule has 1 unspecified atom stereocenters.